The van der Waals surface area contributed by atoms with Gasteiger partial charge in [0.05, 0.1) is 11.1 Å². The highest BCUT2D eigenvalue weighted by molar-refractivity contribution is 7.25. The minimum atomic E-state index is -0.504. The summed E-state index contributed by atoms with van der Waals surface area (Å²) in [5.41, 5.74) is 13.0. The molecule has 1 aromatic heterocycles. The third-order valence-electron chi connectivity index (χ3n) is 12.5. The van der Waals surface area contributed by atoms with Crippen LogP contribution in [0.3, 0.4) is 0 Å². The Balaban J connectivity index is 1.10. The van der Waals surface area contributed by atoms with Gasteiger partial charge in [-0.25, -0.2) is 0 Å². The fraction of sp³-hybridized carbons (Fsp3) is 0.0175. The maximum atomic E-state index is 2.48. The second kappa shape index (κ2) is 13.4. The van der Waals surface area contributed by atoms with Gasteiger partial charge in [-0.15, -0.1) is 11.3 Å². The van der Waals surface area contributed by atoms with E-state index in [9.17, 15) is 0 Å². The molecule has 276 valence electrons. The smallest absolute Gasteiger partial charge is 0.0714 e. The lowest BCUT2D eigenvalue weighted by Crippen LogP contribution is -2.28. The van der Waals surface area contributed by atoms with E-state index in [-0.39, 0.29) is 0 Å². The Morgan fingerprint density at radius 3 is 1.69 bits per heavy atom. The number of fused-ring (bicyclic) bond motifs is 9. The highest BCUT2D eigenvalue weighted by atomic mass is 32.1. The van der Waals surface area contributed by atoms with Gasteiger partial charge in [0.1, 0.15) is 0 Å². The van der Waals surface area contributed by atoms with Gasteiger partial charge in [0.25, 0.3) is 0 Å². The molecule has 0 bridgehead atoms. The van der Waals surface area contributed by atoms with Crippen molar-refractivity contribution >= 4 is 70.1 Å². The number of nitrogens with zero attached hydrogens (tertiary/aromatic N) is 1. The molecule has 0 unspecified atom stereocenters. The molecule has 2 heteroatoms. The van der Waals surface area contributed by atoms with Gasteiger partial charge in [-0.2, -0.15) is 0 Å². The summed E-state index contributed by atoms with van der Waals surface area (Å²) in [7, 11) is 0. The molecule has 0 radical (unpaired) electrons. The number of thiophene rings is 1. The van der Waals surface area contributed by atoms with Gasteiger partial charge < -0.3 is 4.90 Å². The summed E-state index contributed by atoms with van der Waals surface area (Å²) in [6.45, 7) is 0. The summed E-state index contributed by atoms with van der Waals surface area (Å²) in [6, 6.07) is 83.2. The van der Waals surface area contributed by atoms with E-state index >= 15 is 0 Å². The lowest BCUT2D eigenvalue weighted by Gasteiger charge is -2.35. The normalized spacial score (nSPS) is 12.9. The molecule has 0 amide bonds. The minimum Gasteiger partial charge on any atom is -0.310 e. The second-order valence-corrected chi connectivity index (χ2v) is 16.7. The molecule has 0 saturated heterocycles. The summed E-state index contributed by atoms with van der Waals surface area (Å²) in [5, 5.41) is 7.57. The van der Waals surface area contributed by atoms with E-state index in [2.05, 4.69) is 229 Å². The minimum absolute atomic E-state index is 0.504. The second-order valence-electron chi connectivity index (χ2n) is 15.6. The first kappa shape index (κ1) is 33.8. The quantitative estimate of drug-likeness (QED) is 0.152. The van der Waals surface area contributed by atoms with E-state index in [1.807, 2.05) is 11.3 Å². The largest absolute Gasteiger partial charge is 0.310 e. The molecule has 12 rings (SSSR count). The Morgan fingerprint density at radius 1 is 0.339 bits per heavy atom. The van der Waals surface area contributed by atoms with Gasteiger partial charge in [-0.3, -0.25) is 0 Å². The predicted molar refractivity (Wildman–Crippen MR) is 252 cm³/mol. The third-order valence-corrected chi connectivity index (χ3v) is 13.7. The number of rotatable bonds is 6. The maximum absolute atomic E-state index is 2.48. The first-order valence-corrected chi connectivity index (χ1v) is 21.2. The molecule has 1 aliphatic carbocycles. The van der Waals surface area contributed by atoms with Crippen molar-refractivity contribution in [2.75, 3.05) is 4.90 Å². The molecule has 0 spiro atoms. The van der Waals surface area contributed by atoms with Gasteiger partial charge >= 0.3 is 0 Å². The first-order valence-electron chi connectivity index (χ1n) is 20.3. The van der Waals surface area contributed by atoms with Crippen molar-refractivity contribution in [3.05, 3.63) is 247 Å². The predicted octanol–water partition coefficient (Wildman–Crippen LogP) is 15.9. The molecule has 10 aromatic carbocycles. The lowest BCUT2D eigenvalue weighted by atomic mass is 9.67. The molecule has 1 aliphatic rings. The first-order chi connectivity index (χ1) is 29.3. The number of hydrogen-bond donors (Lipinski definition) is 0. The van der Waals surface area contributed by atoms with Crippen molar-refractivity contribution in [1.82, 2.24) is 0 Å². The molecule has 59 heavy (non-hydrogen) atoms. The summed E-state index contributed by atoms with van der Waals surface area (Å²) in [6.07, 6.45) is 0. The third kappa shape index (κ3) is 5.17. The Bertz CT molecular complexity index is 3340. The van der Waals surface area contributed by atoms with E-state index in [4.69, 9.17) is 0 Å². The fourth-order valence-corrected chi connectivity index (χ4v) is 11.0. The molecule has 0 N–H and O–H groups in total. The zero-order valence-corrected chi connectivity index (χ0v) is 33.0. The lowest BCUT2D eigenvalue weighted by molar-refractivity contribution is 0.768. The average molecular weight is 768 g/mol. The van der Waals surface area contributed by atoms with Crippen LogP contribution in [0.5, 0.6) is 0 Å². The van der Waals surface area contributed by atoms with Crippen LogP contribution in [0.1, 0.15) is 22.3 Å². The highest BCUT2D eigenvalue weighted by Crippen LogP contribution is 2.57. The van der Waals surface area contributed by atoms with Crippen molar-refractivity contribution in [3.63, 3.8) is 0 Å². The summed E-state index contributed by atoms with van der Waals surface area (Å²) >= 11 is 1.86. The topological polar surface area (TPSA) is 3.24 Å². The zero-order chi connectivity index (χ0) is 38.9. The molecule has 0 atom stereocenters. The monoisotopic (exact) mass is 767 g/mol. The Morgan fingerprint density at radius 2 is 0.915 bits per heavy atom. The van der Waals surface area contributed by atoms with Crippen LogP contribution in [-0.2, 0) is 5.41 Å². The van der Waals surface area contributed by atoms with Crippen molar-refractivity contribution < 1.29 is 0 Å². The Labute approximate surface area is 347 Å². The average Bonchev–Trinajstić information content (AvgIpc) is 3.83. The van der Waals surface area contributed by atoms with Crippen LogP contribution in [0.2, 0.25) is 0 Å². The summed E-state index contributed by atoms with van der Waals surface area (Å²) < 4.78 is 2.65. The van der Waals surface area contributed by atoms with Crippen LogP contribution in [0.4, 0.5) is 17.1 Å². The van der Waals surface area contributed by atoms with Crippen LogP contribution in [-0.4, -0.2) is 0 Å². The SMILES string of the molecule is c1ccc(C2(c3ccccc3)c3ccccc3-c3ccc(N(c4ccc(-c5ccc6sc7ccccc7c6c5)cc4)c4cc5ccccc5c5ccccc45)cc32)cc1. The van der Waals surface area contributed by atoms with Gasteiger partial charge in [-0.1, -0.05) is 176 Å². The van der Waals surface area contributed by atoms with E-state index < -0.39 is 5.41 Å². The number of benzene rings is 10. The zero-order valence-electron chi connectivity index (χ0n) is 32.2. The molecule has 1 heterocycles. The van der Waals surface area contributed by atoms with Gasteiger partial charge in [0, 0.05) is 36.9 Å². The van der Waals surface area contributed by atoms with Crippen LogP contribution >= 0.6 is 11.3 Å². The highest BCUT2D eigenvalue weighted by Gasteiger charge is 2.46. The van der Waals surface area contributed by atoms with Crippen LogP contribution in [0, 0.1) is 0 Å². The van der Waals surface area contributed by atoms with Crippen molar-refractivity contribution in [2.45, 2.75) is 5.41 Å². The van der Waals surface area contributed by atoms with E-state index in [1.54, 1.807) is 0 Å². The van der Waals surface area contributed by atoms with Crippen LogP contribution in [0.15, 0.2) is 224 Å². The van der Waals surface area contributed by atoms with Gasteiger partial charge in [0.15, 0.2) is 0 Å². The maximum Gasteiger partial charge on any atom is 0.0714 e. The number of anilines is 3. The van der Waals surface area contributed by atoms with E-state index in [0.29, 0.717) is 0 Å². The summed E-state index contributed by atoms with van der Waals surface area (Å²) in [4.78, 5) is 2.48. The standard InChI is InChI=1S/C57H37NS/c1-3-16-41(17-4-1)57(42-18-5-2-6-19-42)52-25-13-11-22-47(52)48-33-32-44(37-53(48)57)58(54-36-40-15-7-8-20-45(40)46-21-9-10-23-49(46)54)43-30-27-38(28-31-43)39-29-34-56-51(35-39)50-24-12-14-26-55(50)59-56/h1-37H. The van der Waals surface area contributed by atoms with Crippen molar-refractivity contribution in [1.29, 1.82) is 0 Å². The fourth-order valence-electron chi connectivity index (χ4n) is 9.93. The molecular formula is C57H37NS. The van der Waals surface area contributed by atoms with Crippen molar-refractivity contribution in [2.24, 2.45) is 0 Å². The van der Waals surface area contributed by atoms with E-state index in [1.165, 1.54) is 86.2 Å². The van der Waals surface area contributed by atoms with Crippen LogP contribution in [0.25, 0.3) is 64.0 Å². The van der Waals surface area contributed by atoms with Crippen LogP contribution < -0.4 is 4.90 Å². The Hall–Kier alpha value is -7.26. The van der Waals surface area contributed by atoms with Crippen molar-refractivity contribution in [3.8, 4) is 22.3 Å². The molecule has 0 aliphatic heterocycles. The molecule has 0 fully saturated rings. The summed E-state index contributed by atoms with van der Waals surface area (Å²) in [5.74, 6) is 0. The van der Waals surface area contributed by atoms with E-state index in [0.717, 1.165) is 17.1 Å². The van der Waals surface area contributed by atoms with Gasteiger partial charge in [-0.05, 0) is 109 Å². The number of hydrogen-bond acceptors (Lipinski definition) is 2. The van der Waals surface area contributed by atoms with Gasteiger partial charge in [0.2, 0.25) is 0 Å². The molecule has 11 aromatic rings. The molecule has 0 saturated carbocycles. The Kier molecular flexibility index (Phi) is 7.69. The molecule has 1 nitrogen and oxygen atoms in total. The molecular weight excluding hydrogens is 731 g/mol.